The van der Waals surface area contributed by atoms with Crippen molar-refractivity contribution in [3.63, 3.8) is 0 Å². The average Bonchev–Trinajstić information content (AvgIpc) is 2.79. The molecular formula is C12H13BrN4O3. The zero-order chi connectivity index (χ0) is 14.5. The van der Waals surface area contributed by atoms with Crippen LogP contribution in [0.4, 0.5) is 11.5 Å². The predicted octanol–water partition coefficient (Wildman–Crippen LogP) is 2.19. The molecule has 0 spiro atoms. The van der Waals surface area contributed by atoms with Gasteiger partial charge in [-0.1, -0.05) is 46.3 Å². The summed E-state index contributed by atoms with van der Waals surface area (Å²) >= 11 is 2.94. The topological polar surface area (TPSA) is 104 Å². The summed E-state index contributed by atoms with van der Waals surface area (Å²) in [5, 5.41) is 28.9. The summed E-state index contributed by atoms with van der Waals surface area (Å²) in [5.74, 6) is 0.169. The third-order valence-electron chi connectivity index (χ3n) is 2.67. The van der Waals surface area contributed by atoms with Gasteiger partial charge in [-0.05, 0) is 5.56 Å². The second-order valence-electron chi connectivity index (χ2n) is 4.13. The summed E-state index contributed by atoms with van der Waals surface area (Å²) < 4.78 is 0. The Bertz CT molecular complexity index is 586. The normalized spacial score (nSPS) is 12.1. The van der Waals surface area contributed by atoms with Gasteiger partial charge in [-0.15, -0.1) is 0 Å². The van der Waals surface area contributed by atoms with Gasteiger partial charge in [0, 0.05) is 13.0 Å². The first-order valence-electron chi connectivity index (χ1n) is 5.89. The van der Waals surface area contributed by atoms with E-state index in [1.807, 2.05) is 30.3 Å². The lowest BCUT2D eigenvalue weighted by molar-refractivity contribution is -0.384. The third-order valence-corrected chi connectivity index (χ3v) is 2.99. The Balaban J connectivity index is 2.15. The number of hydrogen-bond acceptors (Lipinski definition) is 5. The summed E-state index contributed by atoms with van der Waals surface area (Å²) in [6.45, 7) is 0.433. The van der Waals surface area contributed by atoms with Gasteiger partial charge in [0.1, 0.15) is 10.7 Å². The lowest BCUT2D eigenvalue weighted by atomic mass is 10.2. The Morgan fingerprint density at radius 1 is 1.45 bits per heavy atom. The molecular weight excluding hydrogens is 328 g/mol. The zero-order valence-corrected chi connectivity index (χ0v) is 12.0. The number of aromatic amines is 1. The number of aromatic nitrogens is 2. The third kappa shape index (κ3) is 3.55. The molecule has 0 bridgehead atoms. The Morgan fingerprint density at radius 2 is 2.15 bits per heavy atom. The fourth-order valence-electron chi connectivity index (χ4n) is 1.78. The van der Waals surface area contributed by atoms with Crippen LogP contribution < -0.4 is 5.32 Å². The van der Waals surface area contributed by atoms with Crippen LogP contribution in [0.1, 0.15) is 11.3 Å². The number of nitrogens with one attached hydrogen (secondary N) is 2. The summed E-state index contributed by atoms with van der Waals surface area (Å²) in [4.78, 5) is 10.6. The second kappa shape index (κ2) is 6.49. The van der Waals surface area contributed by atoms with Crippen LogP contribution in [0, 0.1) is 10.1 Å². The molecule has 0 saturated heterocycles. The first kappa shape index (κ1) is 14.5. The van der Waals surface area contributed by atoms with Crippen molar-refractivity contribution in [3.8, 4) is 0 Å². The quantitative estimate of drug-likeness (QED) is 0.424. The number of alkyl halides is 1. The van der Waals surface area contributed by atoms with E-state index in [4.69, 9.17) is 0 Å². The van der Waals surface area contributed by atoms with Gasteiger partial charge in [-0.3, -0.25) is 15.2 Å². The van der Waals surface area contributed by atoms with Crippen molar-refractivity contribution in [2.45, 2.75) is 18.0 Å². The van der Waals surface area contributed by atoms with E-state index >= 15 is 0 Å². The Kier molecular flexibility index (Phi) is 4.70. The summed E-state index contributed by atoms with van der Waals surface area (Å²) in [5.41, 5.74) is 1.13. The lowest BCUT2D eigenvalue weighted by Gasteiger charge is -2.03. The van der Waals surface area contributed by atoms with Crippen LogP contribution in [0.5, 0.6) is 0 Å². The fraction of sp³-hybridized carbons (Fsp3) is 0.250. The van der Waals surface area contributed by atoms with Crippen molar-refractivity contribution in [2.24, 2.45) is 0 Å². The highest BCUT2D eigenvalue weighted by Crippen LogP contribution is 2.27. The highest BCUT2D eigenvalue weighted by Gasteiger charge is 2.25. The standard InChI is InChI=1S/C12H13BrN4O3/c13-10(18)6-9-11(17(19)20)12(16-15-9)14-7-8-4-2-1-3-5-8/h1-5,10,18H,6-7H2,(H2,14,15,16). The van der Waals surface area contributed by atoms with Crippen molar-refractivity contribution >= 4 is 27.4 Å². The number of halogens is 1. The molecule has 0 aliphatic rings. The van der Waals surface area contributed by atoms with Crippen LogP contribution in [0.2, 0.25) is 0 Å². The molecule has 1 atom stereocenters. The molecule has 0 radical (unpaired) electrons. The SMILES string of the molecule is O=[N+]([O-])c1c(NCc2ccccc2)n[nH]c1CC(O)Br. The van der Waals surface area contributed by atoms with Gasteiger partial charge in [0.05, 0.1) is 4.92 Å². The van der Waals surface area contributed by atoms with Gasteiger partial charge in [0.15, 0.2) is 0 Å². The largest absolute Gasteiger partial charge is 0.381 e. The Labute approximate surface area is 123 Å². The van der Waals surface area contributed by atoms with Gasteiger partial charge in [0.25, 0.3) is 0 Å². The van der Waals surface area contributed by atoms with Crippen molar-refractivity contribution in [1.82, 2.24) is 10.2 Å². The minimum atomic E-state index is -0.858. The maximum absolute atomic E-state index is 11.1. The number of aliphatic hydroxyl groups is 1. The maximum Gasteiger partial charge on any atom is 0.333 e. The monoisotopic (exact) mass is 340 g/mol. The minimum Gasteiger partial charge on any atom is -0.381 e. The molecule has 8 heteroatoms. The van der Waals surface area contributed by atoms with E-state index in [0.29, 0.717) is 6.54 Å². The molecule has 3 N–H and O–H groups in total. The van der Waals surface area contributed by atoms with Gasteiger partial charge < -0.3 is 10.4 Å². The van der Waals surface area contributed by atoms with E-state index in [-0.39, 0.29) is 23.6 Å². The second-order valence-corrected chi connectivity index (χ2v) is 5.19. The summed E-state index contributed by atoms with van der Waals surface area (Å²) in [6, 6.07) is 9.50. The number of H-pyrrole nitrogens is 1. The molecule has 1 heterocycles. The molecule has 1 unspecified atom stereocenters. The van der Waals surface area contributed by atoms with E-state index in [9.17, 15) is 15.2 Å². The van der Waals surface area contributed by atoms with E-state index in [1.54, 1.807) is 0 Å². The van der Waals surface area contributed by atoms with Crippen LogP contribution in [0.3, 0.4) is 0 Å². The van der Waals surface area contributed by atoms with Gasteiger partial charge in [0.2, 0.25) is 5.82 Å². The molecule has 1 aromatic carbocycles. The van der Waals surface area contributed by atoms with Crippen LogP contribution >= 0.6 is 15.9 Å². The van der Waals surface area contributed by atoms with Crippen molar-refractivity contribution < 1.29 is 10.0 Å². The molecule has 7 nitrogen and oxygen atoms in total. The number of aliphatic hydroxyl groups excluding tert-OH is 1. The molecule has 2 aromatic rings. The van der Waals surface area contributed by atoms with Crippen LogP contribution in [-0.4, -0.2) is 25.2 Å². The Hall–Kier alpha value is -1.93. The van der Waals surface area contributed by atoms with E-state index in [1.165, 1.54) is 0 Å². The first-order valence-corrected chi connectivity index (χ1v) is 6.81. The van der Waals surface area contributed by atoms with Crippen molar-refractivity contribution in [3.05, 3.63) is 51.7 Å². The van der Waals surface area contributed by atoms with E-state index in [2.05, 4.69) is 31.4 Å². The predicted molar refractivity (Wildman–Crippen MR) is 77.6 cm³/mol. The number of nitrogens with zero attached hydrogens (tertiary/aromatic N) is 2. The number of benzene rings is 1. The molecule has 106 valence electrons. The Morgan fingerprint density at radius 3 is 2.75 bits per heavy atom. The smallest absolute Gasteiger partial charge is 0.333 e. The highest BCUT2D eigenvalue weighted by atomic mass is 79.9. The molecule has 0 amide bonds. The van der Waals surface area contributed by atoms with E-state index < -0.39 is 9.94 Å². The van der Waals surface area contributed by atoms with Crippen LogP contribution in [0.15, 0.2) is 30.3 Å². The average molecular weight is 341 g/mol. The number of anilines is 1. The molecule has 1 aromatic heterocycles. The summed E-state index contributed by atoms with van der Waals surface area (Å²) in [7, 11) is 0. The maximum atomic E-state index is 11.1. The number of hydrogen-bond donors (Lipinski definition) is 3. The molecule has 0 aliphatic carbocycles. The minimum absolute atomic E-state index is 0.0797. The highest BCUT2D eigenvalue weighted by molar-refractivity contribution is 9.09. The van der Waals surface area contributed by atoms with E-state index in [0.717, 1.165) is 5.56 Å². The fourth-order valence-corrected chi connectivity index (χ4v) is 2.11. The summed E-state index contributed by atoms with van der Waals surface area (Å²) in [6.07, 6.45) is 0.0797. The molecule has 0 fully saturated rings. The van der Waals surface area contributed by atoms with Gasteiger partial charge in [-0.2, -0.15) is 5.10 Å². The lowest BCUT2D eigenvalue weighted by Crippen LogP contribution is -2.05. The molecule has 20 heavy (non-hydrogen) atoms. The first-order chi connectivity index (χ1) is 9.58. The van der Waals surface area contributed by atoms with Crippen LogP contribution in [-0.2, 0) is 13.0 Å². The number of nitro groups is 1. The molecule has 0 saturated carbocycles. The van der Waals surface area contributed by atoms with Crippen LogP contribution in [0.25, 0.3) is 0 Å². The van der Waals surface area contributed by atoms with Crippen molar-refractivity contribution in [2.75, 3.05) is 5.32 Å². The van der Waals surface area contributed by atoms with Gasteiger partial charge in [-0.25, -0.2) is 0 Å². The molecule has 0 aliphatic heterocycles. The zero-order valence-electron chi connectivity index (χ0n) is 10.4. The number of rotatable bonds is 6. The van der Waals surface area contributed by atoms with Crippen molar-refractivity contribution in [1.29, 1.82) is 0 Å². The molecule has 2 rings (SSSR count). The van der Waals surface area contributed by atoms with Gasteiger partial charge >= 0.3 is 5.69 Å².